The lowest BCUT2D eigenvalue weighted by molar-refractivity contribution is -0.137. The number of imide groups is 1. The van der Waals surface area contributed by atoms with Gasteiger partial charge in [-0.15, -0.1) is 0 Å². The molecule has 2 aliphatic rings. The van der Waals surface area contributed by atoms with E-state index in [9.17, 15) is 9.59 Å². The Labute approximate surface area is 182 Å². The number of aryl methyl sites for hydroxylation is 1. The highest BCUT2D eigenvalue weighted by molar-refractivity contribution is 6.35. The summed E-state index contributed by atoms with van der Waals surface area (Å²) in [6.07, 6.45) is 0.603. The quantitative estimate of drug-likeness (QED) is 0.692. The summed E-state index contributed by atoms with van der Waals surface area (Å²) >= 11 is 5.96. The van der Waals surface area contributed by atoms with Gasteiger partial charge in [-0.2, -0.15) is 0 Å². The number of rotatable bonds is 5. The van der Waals surface area contributed by atoms with Gasteiger partial charge in [-0.25, -0.2) is 0 Å². The summed E-state index contributed by atoms with van der Waals surface area (Å²) in [7, 11) is 2.08. The third-order valence-corrected chi connectivity index (χ3v) is 6.09. The lowest BCUT2D eigenvalue weighted by Crippen LogP contribution is -2.46. The first-order valence-electron chi connectivity index (χ1n) is 10.3. The van der Waals surface area contributed by atoms with E-state index in [0.717, 1.165) is 42.9 Å². The molecule has 0 unspecified atom stereocenters. The lowest BCUT2D eigenvalue weighted by Gasteiger charge is -2.34. The van der Waals surface area contributed by atoms with Crippen LogP contribution in [0, 0.1) is 6.92 Å². The van der Waals surface area contributed by atoms with Crippen LogP contribution in [0.25, 0.3) is 5.57 Å². The van der Waals surface area contributed by atoms with Gasteiger partial charge < -0.3 is 9.80 Å². The van der Waals surface area contributed by atoms with Crippen molar-refractivity contribution < 1.29 is 9.59 Å². The molecule has 0 bridgehead atoms. The number of hydrogen-bond donors (Lipinski definition) is 0. The van der Waals surface area contributed by atoms with Crippen molar-refractivity contribution in [2.24, 2.45) is 0 Å². The minimum atomic E-state index is -0.202. The second kappa shape index (κ2) is 8.62. The van der Waals surface area contributed by atoms with Gasteiger partial charge in [0, 0.05) is 37.7 Å². The molecular weight excluding hydrogens is 398 g/mol. The molecule has 1 fully saturated rings. The SMILES string of the molecule is Cc1ccc(C2=C(N3CCN(C)CC3)C(=O)N(CCc3ccc(Cl)cc3)C2=O)cc1. The number of nitrogens with zero attached hydrogens (tertiary/aromatic N) is 3. The Morgan fingerprint density at radius 3 is 2.13 bits per heavy atom. The van der Waals surface area contributed by atoms with Crippen LogP contribution in [0.1, 0.15) is 16.7 Å². The summed E-state index contributed by atoms with van der Waals surface area (Å²) in [4.78, 5) is 32.5. The standard InChI is InChI=1S/C24H26ClN3O2/c1-17-3-7-19(8-4-17)21-22(27-15-13-26(2)14-16-27)24(30)28(23(21)29)12-11-18-5-9-20(25)10-6-18/h3-10H,11-16H2,1-2H3. The fourth-order valence-electron chi connectivity index (χ4n) is 3.96. The first-order chi connectivity index (χ1) is 14.4. The third kappa shape index (κ3) is 4.13. The average Bonchev–Trinajstić information content (AvgIpc) is 2.99. The van der Waals surface area contributed by atoms with Gasteiger partial charge in [-0.05, 0) is 43.7 Å². The highest BCUT2D eigenvalue weighted by atomic mass is 35.5. The number of hydrogen-bond acceptors (Lipinski definition) is 4. The maximum Gasteiger partial charge on any atom is 0.277 e. The van der Waals surface area contributed by atoms with Gasteiger partial charge in [0.05, 0.1) is 5.57 Å². The van der Waals surface area contributed by atoms with E-state index < -0.39 is 0 Å². The highest BCUT2D eigenvalue weighted by Crippen LogP contribution is 2.32. The topological polar surface area (TPSA) is 43.9 Å². The van der Waals surface area contributed by atoms with E-state index in [1.54, 1.807) is 0 Å². The number of halogens is 1. The van der Waals surface area contributed by atoms with Crippen LogP contribution in [0.3, 0.4) is 0 Å². The van der Waals surface area contributed by atoms with Crippen molar-refractivity contribution in [3.8, 4) is 0 Å². The maximum atomic E-state index is 13.4. The highest BCUT2D eigenvalue weighted by Gasteiger charge is 2.41. The Bertz CT molecular complexity index is 975. The largest absolute Gasteiger partial charge is 0.364 e. The first-order valence-corrected chi connectivity index (χ1v) is 10.7. The van der Waals surface area contributed by atoms with Gasteiger partial charge in [-0.1, -0.05) is 53.6 Å². The lowest BCUT2D eigenvalue weighted by atomic mass is 10.0. The van der Waals surface area contributed by atoms with E-state index in [1.165, 1.54) is 4.90 Å². The Morgan fingerprint density at radius 1 is 0.867 bits per heavy atom. The Morgan fingerprint density at radius 2 is 1.50 bits per heavy atom. The van der Waals surface area contributed by atoms with Crippen LogP contribution in [-0.2, 0) is 16.0 Å². The normalized spacial score (nSPS) is 18.0. The second-order valence-electron chi connectivity index (χ2n) is 8.02. The molecule has 2 aromatic carbocycles. The van der Waals surface area contributed by atoms with Crippen molar-refractivity contribution in [3.05, 3.63) is 75.9 Å². The Hall–Kier alpha value is -2.63. The molecule has 2 aromatic rings. The smallest absolute Gasteiger partial charge is 0.277 e. The molecule has 2 heterocycles. The van der Waals surface area contributed by atoms with Gasteiger partial charge >= 0.3 is 0 Å². The van der Waals surface area contributed by atoms with E-state index in [2.05, 4.69) is 16.8 Å². The van der Waals surface area contributed by atoms with Crippen LogP contribution in [-0.4, -0.2) is 66.3 Å². The van der Waals surface area contributed by atoms with Crippen molar-refractivity contribution in [2.75, 3.05) is 39.8 Å². The summed E-state index contributed by atoms with van der Waals surface area (Å²) < 4.78 is 0. The van der Waals surface area contributed by atoms with Crippen LogP contribution < -0.4 is 0 Å². The number of likely N-dealkylation sites (N-methyl/N-ethyl adjacent to an activating group) is 1. The van der Waals surface area contributed by atoms with Crippen molar-refractivity contribution in [1.82, 2.24) is 14.7 Å². The molecule has 4 rings (SSSR count). The van der Waals surface area contributed by atoms with Crippen molar-refractivity contribution in [1.29, 1.82) is 0 Å². The summed E-state index contributed by atoms with van der Waals surface area (Å²) in [5.41, 5.74) is 4.05. The summed E-state index contributed by atoms with van der Waals surface area (Å²) in [6.45, 7) is 5.59. The van der Waals surface area contributed by atoms with E-state index >= 15 is 0 Å². The molecule has 5 nitrogen and oxygen atoms in total. The molecule has 0 aromatic heterocycles. The number of benzene rings is 2. The summed E-state index contributed by atoms with van der Waals surface area (Å²) in [5, 5.41) is 0.674. The Balaban J connectivity index is 1.63. The fraction of sp³-hybridized carbons (Fsp3) is 0.333. The average molecular weight is 424 g/mol. The fourth-order valence-corrected chi connectivity index (χ4v) is 4.09. The second-order valence-corrected chi connectivity index (χ2v) is 8.45. The zero-order valence-electron chi connectivity index (χ0n) is 17.4. The van der Waals surface area contributed by atoms with Crippen LogP contribution in [0.5, 0.6) is 0 Å². The van der Waals surface area contributed by atoms with Gasteiger partial charge in [0.1, 0.15) is 5.70 Å². The number of amides is 2. The molecule has 156 valence electrons. The molecular formula is C24H26ClN3O2. The molecule has 0 aliphatic carbocycles. The van der Waals surface area contributed by atoms with E-state index in [-0.39, 0.29) is 11.8 Å². The summed E-state index contributed by atoms with van der Waals surface area (Å²) in [6, 6.07) is 15.4. The molecule has 0 atom stereocenters. The molecule has 30 heavy (non-hydrogen) atoms. The van der Waals surface area contributed by atoms with Crippen LogP contribution >= 0.6 is 11.6 Å². The number of carbonyl (C=O) groups is 2. The monoisotopic (exact) mass is 423 g/mol. The zero-order chi connectivity index (χ0) is 21.3. The van der Waals surface area contributed by atoms with Crippen LogP contribution in [0.2, 0.25) is 5.02 Å². The zero-order valence-corrected chi connectivity index (χ0v) is 18.2. The maximum absolute atomic E-state index is 13.4. The first kappa shape index (κ1) is 20.6. The van der Waals surface area contributed by atoms with Gasteiger partial charge in [-0.3, -0.25) is 14.5 Å². The van der Waals surface area contributed by atoms with Gasteiger partial charge in [0.15, 0.2) is 0 Å². The minimum Gasteiger partial charge on any atom is -0.364 e. The van der Waals surface area contributed by atoms with Crippen molar-refractivity contribution in [3.63, 3.8) is 0 Å². The molecule has 6 heteroatoms. The van der Waals surface area contributed by atoms with Crippen LogP contribution in [0.15, 0.2) is 54.2 Å². The predicted octanol–water partition coefficient (Wildman–Crippen LogP) is 3.22. The molecule has 2 amide bonds. The molecule has 0 radical (unpaired) electrons. The van der Waals surface area contributed by atoms with Crippen molar-refractivity contribution >= 4 is 29.0 Å². The number of carbonyl (C=O) groups excluding carboxylic acids is 2. The van der Waals surface area contributed by atoms with Crippen LogP contribution in [0.4, 0.5) is 0 Å². The summed E-state index contributed by atoms with van der Waals surface area (Å²) in [5.74, 6) is -0.388. The molecule has 0 spiro atoms. The Kier molecular flexibility index (Phi) is 5.93. The van der Waals surface area contributed by atoms with E-state index in [4.69, 9.17) is 11.6 Å². The third-order valence-electron chi connectivity index (χ3n) is 5.84. The minimum absolute atomic E-state index is 0.186. The predicted molar refractivity (Wildman–Crippen MR) is 119 cm³/mol. The van der Waals surface area contributed by atoms with E-state index in [0.29, 0.717) is 29.3 Å². The van der Waals surface area contributed by atoms with Crippen molar-refractivity contribution in [2.45, 2.75) is 13.3 Å². The number of piperazine rings is 1. The van der Waals surface area contributed by atoms with Gasteiger partial charge in [0.25, 0.3) is 11.8 Å². The van der Waals surface area contributed by atoms with Gasteiger partial charge in [0.2, 0.25) is 0 Å². The molecule has 0 saturated carbocycles. The molecule has 2 aliphatic heterocycles. The molecule has 1 saturated heterocycles. The van der Waals surface area contributed by atoms with E-state index in [1.807, 2.05) is 55.5 Å². The molecule has 0 N–H and O–H groups in total.